The third-order valence-corrected chi connectivity index (χ3v) is 4.38. The second-order valence-corrected chi connectivity index (χ2v) is 5.47. The van der Waals surface area contributed by atoms with Gasteiger partial charge in [0.1, 0.15) is 5.37 Å². The van der Waals surface area contributed by atoms with Gasteiger partial charge in [-0.3, -0.25) is 14.6 Å². The standard InChI is InChI=1S/C14H13N3O2S/c1-17-13(19)8-7-10(18)16-12(11(8)14(17)20-2)9-5-3-4-6-15-9/h3-7,14H,1-2H3,(H,16,18)/t14-/m1/s1. The van der Waals surface area contributed by atoms with Gasteiger partial charge in [-0.25, -0.2) is 0 Å². The number of fused-ring (bicyclic) bond motifs is 1. The molecule has 6 heteroatoms. The van der Waals surface area contributed by atoms with E-state index in [2.05, 4.69) is 9.97 Å². The van der Waals surface area contributed by atoms with Crippen molar-refractivity contribution in [2.45, 2.75) is 5.37 Å². The highest BCUT2D eigenvalue weighted by Crippen LogP contribution is 2.42. The smallest absolute Gasteiger partial charge is 0.255 e. The van der Waals surface area contributed by atoms with Crippen LogP contribution in [0.5, 0.6) is 0 Å². The molecule has 0 saturated heterocycles. The minimum Gasteiger partial charge on any atom is -0.325 e. The number of thioether (sulfide) groups is 1. The van der Waals surface area contributed by atoms with E-state index in [1.807, 2.05) is 24.5 Å². The molecule has 0 radical (unpaired) electrons. The predicted octanol–water partition coefficient (Wildman–Crippen LogP) is 1.88. The summed E-state index contributed by atoms with van der Waals surface area (Å²) in [5.74, 6) is -0.123. The normalized spacial score (nSPS) is 17.4. The molecule has 2 aromatic rings. The number of aromatic nitrogens is 2. The van der Waals surface area contributed by atoms with E-state index in [0.29, 0.717) is 17.0 Å². The minimum absolute atomic E-state index is 0.105. The Morgan fingerprint density at radius 2 is 2.15 bits per heavy atom. The average Bonchev–Trinajstić information content (AvgIpc) is 2.71. The Morgan fingerprint density at radius 1 is 1.35 bits per heavy atom. The molecule has 1 amide bonds. The summed E-state index contributed by atoms with van der Waals surface area (Å²) >= 11 is 1.56. The molecule has 0 saturated carbocycles. The van der Waals surface area contributed by atoms with Gasteiger partial charge in [-0.1, -0.05) is 6.07 Å². The van der Waals surface area contributed by atoms with Crippen molar-refractivity contribution in [3.63, 3.8) is 0 Å². The van der Waals surface area contributed by atoms with E-state index in [-0.39, 0.29) is 16.8 Å². The lowest BCUT2D eigenvalue weighted by atomic mass is 10.1. The number of carbonyl (C=O) groups is 1. The maximum atomic E-state index is 12.2. The molecule has 1 aliphatic rings. The number of hydrogen-bond donors (Lipinski definition) is 1. The third kappa shape index (κ3) is 1.84. The predicted molar refractivity (Wildman–Crippen MR) is 78.6 cm³/mol. The van der Waals surface area contributed by atoms with Gasteiger partial charge in [0.25, 0.3) is 5.91 Å². The van der Waals surface area contributed by atoms with Gasteiger partial charge in [0.15, 0.2) is 0 Å². The van der Waals surface area contributed by atoms with E-state index in [1.165, 1.54) is 6.07 Å². The maximum Gasteiger partial charge on any atom is 0.255 e. The zero-order chi connectivity index (χ0) is 14.3. The molecule has 1 N–H and O–H groups in total. The molecule has 1 aliphatic heterocycles. The average molecular weight is 287 g/mol. The number of aromatic amines is 1. The summed E-state index contributed by atoms with van der Waals surface area (Å²) in [6, 6.07) is 6.87. The van der Waals surface area contributed by atoms with Crippen molar-refractivity contribution in [1.29, 1.82) is 0 Å². The maximum absolute atomic E-state index is 12.2. The molecule has 3 heterocycles. The SMILES string of the molecule is CS[C@@H]1c2c(cc(=O)[nH]c2-c2ccccn2)C(=O)N1C. The van der Waals surface area contributed by atoms with Gasteiger partial charge in [0, 0.05) is 24.9 Å². The molecule has 0 aliphatic carbocycles. The Morgan fingerprint density at radius 3 is 2.80 bits per heavy atom. The van der Waals surface area contributed by atoms with Crippen molar-refractivity contribution < 1.29 is 4.79 Å². The van der Waals surface area contributed by atoms with E-state index in [9.17, 15) is 9.59 Å². The van der Waals surface area contributed by atoms with Crippen molar-refractivity contribution in [3.8, 4) is 11.4 Å². The zero-order valence-corrected chi connectivity index (χ0v) is 11.9. The van der Waals surface area contributed by atoms with Crippen molar-refractivity contribution >= 4 is 17.7 Å². The topological polar surface area (TPSA) is 66.1 Å². The summed E-state index contributed by atoms with van der Waals surface area (Å²) in [5.41, 5.74) is 2.32. The first-order valence-corrected chi connectivity index (χ1v) is 7.41. The van der Waals surface area contributed by atoms with Crippen LogP contribution in [-0.2, 0) is 0 Å². The number of pyridine rings is 2. The van der Waals surface area contributed by atoms with E-state index in [0.717, 1.165) is 5.56 Å². The van der Waals surface area contributed by atoms with Gasteiger partial charge >= 0.3 is 0 Å². The first-order chi connectivity index (χ1) is 9.63. The van der Waals surface area contributed by atoms with Crippen LogP contribution in [-0.4, -0.2) is 34.1 Å². The van der Waals surface area contributed by atoms with Gasteiger partial charge < -0.3 is 9.88 Å². The van der Waals surface area contributed by atoms with Crippen LogP contribution in [0.25, 0.3) is 11.4 Å². The number of H-pyrrole nitrogens is 1. The summed E-state index contributed by atoms with van der Waals surface area (Å²) < 4.78 is 0. The van der Waals surface area contributed by atoms with Crippen LogP contribution in [0, 0.1) is 0 Å². The Bertz CT molecular complexity index is 727. The van der Waals surface area contributed by atoms with Gasteiger partial charge in [-0.15, -0.1) is 11.8 Å². The van der Waals surface area contributed by atoms with E-state index in [4.69, 9.17) is 0 Å². The lowest BCUT2D eigenvalue weighted by Gasteiger charge is -2.19. The lowest BCUT2D eigenvalue weighted by Crippen LogP contribution is -2.21. The van der Waals surface area contributed by atoms with Crippen molar-refractivity contribution in [1.82, 2.24) is 14.9 Å². The highest BCUT2D eigenvalue weighted by molar-refractivity contribution is 7.98. The van der Waals surface area contributed by atoms with Crippen LogP contribution >= 0.6 is 11.8 Å². The molecule has 3 rings (SSSR count). The number of nitrogens with one attached hydrogen (secondary N) is 1. The van der Waals surface area contributed by atoms with Crippen LogP contribution in [0.3, 0.4) is 0 Å². The van der Waals surface area contributed by atoms with E-state index in [1.54, 1.807) is 29.9 Å². The Kier molecular flexibility index (Phi) is 3.10. The van der Waals surface area contributed by atoms with Gasteiger partial charge in [0.2, 0.25) is 5.56 Å². The highest BCUT2D eigenvalue weighted by Gasteiger charge is 2.37. The summed E-state index contributed by atoms with van der Waals surface area (Å²) in [7, 11) is 1.75. The summed E-state index contributed by atoms with van der Waals surface area (Å²) in [4.78, 5) is 32.8. The van der Waals surface area contributed by atoms with Gasteiger partial charge in [-0.2, -0.15) is 0 Å². The molecule has 5 nitrogen and oxygen atoms in total. The van der Waals surface area contributed by atoms with Crippen molar-refractivity contribution in [3.05, 3.63) is 51.9 Å². The molecule has 102 valence electrons. The zero-order valence-electron chi connectivity index (χ0n) is 11.1. The second-order valence-electron chi connectivity index (χ2n) is 4.56. The fraction of sp³-hybridized carbons (Fsp3) is 0.214. The van der Waals surface area contributed by atoms with Crippen LogP contribution in [0.4, 0.5) is 0 Å². The van der Waals surface area contributed by atoms with E-state index >= 15 is 0 Å². The molecule has 0 bridgehead atoms. The summed E-state index contributed by atoms with van der Waals surface area (Å²) in [6.45, 7) is 0. The fourth-order valence-corrected chi connectivity index (χ4v) is 3.37. The number of amides is 1. The molecular weight excluding hydrogens is 274 g/mol. The number of hydrogen-bond acceptors (Lipinski definition) is 4. The molecule has 2 aromatic heterocycles. The highest BCUT2D eigenvalue weighted by atomic mass is 32.2. The number of nitrogens with zero attached hydrogens (tertiary/aromatic N) is 2. The lowest BCUT2D eigenvalue weighted by molar-refractivity contribution is 0.0813. The van der Waals surface area contributed by atoms with Crippen LogP contribution in [0.1, 0.15) is 21.3 Å². The first-order valence-electron chi connectivity index (χ1n) is 6.12. The molecule has 0 spiro atoms. The van der Waals surface area contributed by atoms with Crippen LogP contribution in [0.15, 0.2) is 35.3 Å². The largest absolute Gasteiger partial charge is 0.325 e. The summed E-state index contributed by atoms with van der Waals surface area (Å²) in [5, 5.41) is -0.105. The van der Waals surface area contributed by atoms with Crippen LogP contribution in [0.2, 0.25) is 0 Å². The Balaban J connectivity index is 2.31. The van der Waals surface area contributed by atoms with Gasteiger partial charge in [0.05, 0.1) is 17.0 Å². The minimum atomic E-state index is -0.284. The number of rotatable bonds is 2. The molecule has 0 aromatic carbocycles. The molecule has 1 atom stereocenters. The summed E-state index contributed by atoms with van der Waals surface area (Å²) in [6.07, 6.45) is 3.61. The molecule has 0 unspecified atom stereocenters. The Hall–Kier alpha value is -2.08. The quantitative estimate of drug-likeness (QED) is 0.916. The second kappa shape index (κ2) is 4.79. The van der Waals surface area contributed by atoms with Crippen LogP contribution < -0.4 is 5.56 Å². The molecule has 0 fully saturated rings. The Labute approximate surface area is 120 Å². The van der Waals surface area contributed by atoms with Gasteiger partial charge in [-0.05, 0) is 18.4 Å². The van der Waals surface area contributed by atoms with E-state index < -0.39 is 0 Å². The molecule has 20 heavy (non-hydrogen) atoms. The van der Waals surface area contributed by atoms with Crippen molar-refractivity contribution in [2.24, 2.45) is 0 Å². The fourth-order valence-electron chi connectivity index (χ4n) is 2.48. The third-order valence-electron chi connectivity index (χ3n) is 3.38. The number of carbonyl (C=O) groups excluding carboxylic acids is 1. The monoisotopic (exact) mass is 287 g/mol. The van der Waals surface area contributed by atoms with Crippen molar-refractivity contribution in [2.75, 3.05) is 13.3 Å². The first kappa shape index (κ1) is 12.9. The molecular formula is C14H13N3O2S.